The van der Waals surface area contributed by atoms with Gasteiger partial charge in [-0.1, -0.05) is 0 Å². The second-order valence-corrected chi connectivity index (χ2v) is 11.4. The van der Waals surface area contributed by atoms with Gasteiger partial charge in [-0.25, -0.2) is 17.6 Å². The zero-order valence-corrected chi connectivity index (χ0v) is 21.7. The molecule has 1 saturated carbocycles. The number of furan rings is 1. The number of carboxylic acid groups (broad SMARTS) is 1. The number of halogens is 1. The van der Waals surface area contributed by atoms with Gasteiger partial charge in [-0.15, -0.1) is 0 Å². The summed E-state index contributed by atoms with van der Waals surface area (Å²) < 4.78 is 51.8. The normalized spacial score (nSPS) is 14.4. The summed E-state index contributed by atoms with van der Waals surface area (Å²) in [5.41, 5.74) is 7.84. The van der Waals surface area contributed by atoms with Crippen LogP contribution in [0.4, 0.5) is 10.1 Å². The van der Waals surface area contributed by atoms with Crippen LogP contribution in [0.5, 0.6) is 11.5 Å². The first-order chi connectivity index (χ1) is 18.1. The molecule has 1 fully saturated rings. The van der Waals surface area contributed by atoms with Gasteiger partial charge in [0.15, 0.2) is 0 Å². The first-order valence-corrected chi connectivity index (χ1v) is 14.0. The van der Waals surface area contributed by atoms with Crippen LogP contribution >= 0.6 is 0 Å². The van der Waals surface area contributed by atoms with Crippen molar-refractivity contribution >= 4 is 32.6 Å². The molecule has 1 unspecified atom stereocenters. The number of carboxylic acids is 1. The highest BCUT2D eigenvalue weighted by atomic mass is 32.2. The van der Waals surface area contributed by atoms with E-state index in [0.717, 1.165) is 24.7 Å². The molecule has 38 heavy (non-hydrogen) atoms. The highest BCUT2D eigenvalue weighted by Gasteiger charge is 2.34. The van der Waals surface area contributed by atoms with E-state index in [9.17, 15) is 22.7 Å². The molecule has 10 heteroatoms. The van der Waals surface area contributed by atoms with E-state index >= 15 is 0 Å². The number of nitrogens with zero attached hydrogens (tertiary/aromatic N) is 1. The minimum absolute atomic E-state index is 0.00145. The zero-order valence-electron chi connectivity index (χ0n) is 20.8. The number of carbonyl (C=O) groups is 1. The van der Waals surface area contributed by atoms with Crippen LogP contribution in [-0.2, 0) is 10.0 Å². The maximum Gasteiger partial charge on any atom is 0.340 e. The van der Waals surface area contributed by atoms with E-state index < -0.39 is 22.0 Å². The lowest BCUT2D eigenvalue weighted by molar-refractivity contribution is 0.0699. The summed E-state index contributed by atoms with van der Waals surface area (Å²) in [6.07, 6.45) is 2.90. The average Bonchev–Trinajstić information content (AvgIpc) is 3.64. The van der Waals surface area contributed by atoms with Crippen LogP contribution in [-0.4, -0.2) is 38.3 Å². The molecule has 0 bridgehead atoms. The van der Waals surface area contributed by atoms with Gasteiger partial charge in [0.2, 0.25) is 10.0 Å². The molecule has 1 heterocycles. The third-order valence-electron chi connectivity index (χ3n) is 6.57. The Hall–Kier alpha value is -3.89. The molecule has 3 aromatic carbocycles. The fourth-order valence-corrected chi connectivity index (χ4v) is 5.88. The van der Waals surface area contributed by atoms with Gasteiger partial charge in [-0.3, -0.25) is 4.31 Å². The van der Waals surface area contributed by atoms with E-state index in [1.807, 2.05) is 0 Å². The number of rotatable bonds is 9. The fraction of sp³-hybridized carbons (Fsp3) is 0.250. The van der Waals surface area contributed by atoms with Crippen molar-refractivity contribution in [3.63, 3.8) is 0 Å². The Morgan fingerprint density at radius 3 is 2.26 bits per heavy atom. The monoisotopic (exact) mass is 538 g/mol. The summed E-state index contributed by atoms with van der Waals surface area (Å²) in [5, 5.41) is 10.5. The van der Waals surface area contributed by atoms with Crippen molar-refractivity contribution < 1.29 is 31.9 Å². The Morgan fingerprint density at radius 2 is 1.74 bits per heavy atom. The number of fused-ring (bicyclic) bond motifs is 1. The number of aromatic carboxylic acids is 1. The highest BCUT2D eigenvalue weighted by molar-refractivity contribution is 7.92. The second-order valence-electron chi connectivity index (χ2n) is 9.52. The summed E-state index contributed by atoms with van der Waals surface area (Å²) in [6.45, 7) is 1.85. The average molecular weight is 539 g/mol. The van der Waals surface area contributed by atoms with Crippen molar-refractivity contribution in [2.24, 2.45) is 5.73 Å². The number of hydrogen-bond donors (Lipinski definition) is 2. The van der Waals surface area contributed by atoms with Gasteiger partial charge >= 0.3 is 5.97 Å². The molecule has 0 amide bonds. The van der Waals surface area contributed by atoms with Gasteiger partial charge in [0, 0.05) is 23.6 Å². The van der Waals surface area contributed by atoms with E-state index in [4.69, 9.17) is 14.9 Å². The molecule has 0 saturated heterocycles. The van der Waals surface area contributed by atoms with Crippen LogP contribution in [0, 0.1) is 5.82 Å². The van der Waals surface area contributed by atoms with Gasteiger partial charge in [-0.2, -0.15) is 0 Å². The number of anilines is 1. The van der Waals surface area contributed by atoms with E-state index in [1.165, 1.54) is 28.6 Å². The van der Waals surface area contributed by atoms with Crippen LogP contribution in [0.2, 0.25) is 0 Å². The molecule has 1 aliphatic rings. The molecular formula is C28H27FN2O6S. The van der Waals surface area contributed by atoms with Crippen LogP contribution in [0.1, 0.15) is 41.6 Å². The first-order valence-electron chi connectivity index (χ1n) is 12.1. The molecule has 1 aliphatic carbocycles. The summed E-state index contributed by atoms with van der Waals surface area (Å²) >= 11 is 0. The summed E-state index contributed by atoms with van der Waals surface area (Å²) in [5.74, 6) is -0.314. The molecule has 198 valence electrons. The maximum atomic E-state index is 13.2. The van der Waals surface area contributed by atoms with E-state index in [-0.39, 0.29) is 35.2 Å². The van der Waals surface area contributed by atoms with Crippen molar-refractivity contribution in [2.45, 2.75) is 31.7 Å². The first kappa shape index (κ1) is 25.7. The molecule has 1 aromatic heterocycles. The Morgan fingerprint density at radius 1 is 1.13 bits per heavy atom. The lowest BCUT2D eigenvalue weighted by Crippen LogP contribution is -2.42. The largest absolute Gasteiger partial charge is 0.478 e. The quantitative estimate of drug-likeness (QED) is 0.279. The molecule has 3 N–H and O–H groups in total. The predicted octanol–water partition coefficient (Wildman–Crippen LogP) is 5.72. The molecule has 1 atom stereocenters. The van der Waals surface area contributed by atoms with Gasteiger partial charge in [0.25, 0.3) is 0 Å². The van der Waals surface area contributed by atoms with Crippen molar-refractivity contribution in [1.29, 1.82) is 0 Å². The molecule has 5 rings (SSSR count). The molecule has 0 radical (unpaired) electrons. The molecule has 0 spiro atoms. The van der Waals surface area contributed by atoms with Crippen LogP contribution in [0.25, 0.3) is 22.3 Å². The van der Waals surface area contributed by atoms with E-state index in [1.54, 1.807) is 43.3 Å². The Kier molecular flexibility index (Phi) is 6.62. The summed E-state index contributed by atoms with van der Waals surface area (Å²) in [7, 11) is -3.67. The topological polar surface area (TPSA) is 123 Å². The summed E-state index contributed by atoms with van der Waals surface area (Å²) in [6, 6.07) is 15.1. The van der Waals surface area contributed by atoms with Crippen LogP contribution < -0.4 is 14.8 Å². The minimum Gasteiger partial charge on any atom is -0.478 e. The van der Waals surface area contributed by atoms with E-state index in [0.29, 0.717) is 28.1 Å². The molecule has 4 aromatic rings. The van der Waals surface area contributed by atoms with Gasteiger partial charge in [-0.05, 0) is 85.8 Å². The highest BCUT2D eigenvalue weighted by Crippen LogP contribution is 2.48. The lowest BCUT2D eigenvalue weighted by atomic mass is 10.0. The second kappa shape index (κ2) is 9.77. The standard InChI is InChI=1S/C28H27FN2O6S/c1-16(15-30)31(38(2,34)35)24-14-25-23(13-22(24)17-3-4-17)26(28(32)33)27(37-25)18-5-9-20(10-6-18)36-21-11-7-19(29)8-12-21/h5-14,16-17H,3-4,15,30H2,1-2H3,(H,32,33). The van der Waals surface area contributed by atoms with E-state index in [2.05, 4.69) is 0 Å². The number of nitrogens with two attached hydrogens (primary N) is 1. The van der Waals surface area contributed by atoms with Gasteiger partial charge in [0.05, 0.1) is 18.0 Å². The number of benzene rings is 3. The minimum atomic E-state index is -3.67. The third-order valence-corrected chi connectivity index (χ3v) is 7.84. The van der Waals surface area contributed by atoms with Crippen molar-refractivity contribution in [3.8, 4) is 22.8 Å². The smallest absolute Gasteiger partial charge is 0.340 e. The lowest BCUT2D eigenvalue weighted by Gasteiger charge is -2.30. The Bertz CT molecular complexity index is 1610. The number of ether oxygens (including phenoxy) is 1. The van der Waals surface area contributed by atoms with Gasteiger partial charge < -0.3 is 20.0 Å². The Balaban J connectivity index is 1.60. The SMILES string of the molecule is CC(CN)N(c1cc2oc(-c3ccc(Oc4ccc(F)cc4)cc3)c(C(=O)O)c2cc1C1CC1)S(C)(=O)=O. The molecule has 0 aliphatic heterocycles. The van der Waals surface area contributed by atoms with Gasteiger partial charge in [0.1, 0.15) is 34.2 Å². The Labute approximate surface area is 219 Å². The molecular weight excluding hydrogens is 511 g/mol. The predicted molar refractivity (Wildman–Crippen MR) is 143 cm³/mol. The summed E-state index contributed by atoms with van der Waals surface area (Å²) in [4.78, 5) is 12.4. The maximum absolute atomic E-state index is 13.2. The van der Waals surface area contributed by atoms with Crippen molar-refractivity contribution in [1.82, 2.24) is 0 Å². The number of sulfonamides is 1. The zero-order chi connectivity index (χ0) is 27.2. The van der Waals surface area contributed by atoms with Crippen molar-refractivity contribution in [3.05, 3.63) is 77.6 Å². The fourth-order valence-electron chi connectivity index (χ4n) is 4.63. The molecule has 8 nitrogen and oxygen atoms in total. The number of hydrogen-bond acceptors (Lipinski definition) is 6. The van der Waals surface area contributed by atoms with Crippen LogP contribution in [0.15, 0.2) is 65.1 Å². The van der Waals surface area contributed by atoms with Crippen molar-refractivity contribution in [2.75, 3.05) is 17.1 Å². The third kappa shape index (κ3) is 4.97. The van der Waals surface area contributed by atoms with Crippen LogP contribution in [0.3, 0.4) is 0 Å².